The molecule has 0 aliphatic carbocycles. The van der Waals surface area contributed by atoms with Gasteiger partial charge in [-0.25, -0.2) is 4.79 Å². The Morgan fingerprint density at radius 2 is 1.86 bits per heavy atom. The molecule has 2 aliphatic heterocycles. The summed E-state index contributed by atoms with van der Waals surface area (Å²) in [5, 5.41) is 5.98. The lowest BCUT2D eigenvalue weighted by Gasteiger charge is -2.49. The van der Waals surface area contributed by atoms with Gasteiger partial charge >= 0.3 is 5.97 Å². The number of nitrogens with zero attached hydrogens (tertiary/aromatic N) is 4. The number of hydrogen-bond donors (Lipinski definition) is 2. The monoisotopic (exact) mass is 654 g/mol. The van der Waals surface area contributed by atoms with Crippen LogP contribution in [0.25, 0.3) is 6.08 Å². The number of benzene rings is 2. The van der Waals surface area contributed by atoms with E-state index in [1.165, 1.54) is 23.8 Å². The molecular formula is C29H27ClN6O6S2. The van der Waals surface area contributed by atoms with Crippen molar-refractivity contribution in [1.29, 1.82) is 0 Å². The molecule has 3 heterocycles. The van der Waals surface area contributed by atoms with Gasteiger partial charge in [-0.05, 0) is 34.4 Å². The number of ether oxygens (including phenoxy) is 2. The first-order valence-corrected chi connectivity index (χ1v) is 15.5. The predicted molar refractivity (Wildman–Crippen MR) is 168 cm³/mol. The highest BCUT2D eigenvalue weighted by Gasteiger charge is 2.54. The molecular weight excluding hydrogens is 628 g/mol. The van der Waals surface area contributed by atoms with E-state index in [1.54, 1.807) is 37.5 Å². The molecule has 0 spiro atoms. The van der Waals surface area contributed by atoms with Crippen LogP contribution in [-0.2, 0) is 36.4 Å². The third-order valence-corrected chi connectivity index (χ3v) is 8.82. The largest absolute Gasteiger partial charge is 0.497 e. The maximum Gasteiger partial charge on any atom is 0.355 e. The number of carbonyl (C=O) groups excluding carboxylic acids is 3. The Morgan fingerprint density at radius 3 is 2.50 bits per heavy atom. The molecule has 2 aliphatic rings. The van der Waals surface area contributed by atoms with E-state index in [2.05, 4.69) is 19.8 Å². The van der Waals surface area contributed by atoms with Crippen LogP contribution in [0.4, 0.5) is 5.13 Å². The fourth-order valence-electron chi connectivity index (χ4n) is 4.43. The summed E-state index contributed by atoms with van der Waals surface area (Å²) in [5.41, 5.74) is 8.77. The Hall–Kier alpha value is -4.40. The van der Waals surface area contributed by atoms with Crippen molar-refractivity contribution in [2.75, 3.05) is 25.7 Å². The van der Waals surface area contributed by atoms with Crippen LogP contribution >= 0.6 is 34.9 Å². The van der Waals surface area contributed by atoms with Crippen LogP contribution in [0.1, 0.15) is 22.5 Å². The maximum atomic E-state index is 13.5. The number of nitrogen functional groups attached to an aromatic ring is 1. The zero-order valence-corrected chi connectivity index (χ0v) is 25.9. The molecule has 3 N–H and O–H groups in total. The van der Waals surface area contributed by atoms with E-state index in [0.717, 1.165) is 28.2 Å². The molecule has 2 aromatic carbocycles. The smallest absolute Gasteiger partial charge is 0.355 e. The van der Waals surface area contributed by atoms with Gasteiger partial charge in [-0.3, -0.25) is 14.5 Å². The number of fused-ring (bicyclic) bond motifs is 1. The molecule has 1 aromatic heterocycles. The molecule has 44 heavy (non-hydrogen) atoms. The second kappa shape index (κ2) is 13.9. The summed E-state index contributed by atoms with van der Waals surface area (Å²) in [6.45, 7) is -0.0101. The molecule has 5 rings (SSSR count). The fraction of sp³-hybridized carbons (Fsp3) is 0.241. The number of allylic oxidation sites excluding steroid dienone is 1. The molecule has 2 atom stereocenters. The van der Waals surface area contributed by atoms with E-state index >= 15 is 0 Å². The molecule has 0 saturated carbocycles. The summed E-state index contributed by atoms with van der Waals surface area (Å²) < 4.78 is 14.9. The van der Waals surface area contributed by atoms with Gasteiger partial charge < -0.3 is 25.4 Å². The summed E-state index contributed by atoms with van der Waals surface area (Å²) in [4.78, 5) is 50.3. The number of esters is 1. The first kappa shape index (κ1) is 31.0. The second-order valence-corrected chi connectivity index (χ2v) is 11.6. The number of nitrogens with one attached hydrogen (secondary N) is 1. The van der Waals surface area contributed by atoms with Crippen molar-refractivity contribution in [2.24, 2.45) is 5.16 Å². The quantitative estimate of drug-likeness (QED) is 0.103. The SMILES string of the molecule is CO/N=C(\C(=O)N[C@@H]1C(=O)N2C(C(=O)OCc3ccc(OC)cc3)=C(/C=C\c3ccc(CCl)cc3)CS[C@H]12)c1nsc(N)n1. The molecule has 12 nitrogen and oxygen atoms in total. The maximum absolute atomic E-state index is 13.5. The van der Waals surface area contributed by atoms with Crippen molar-refractivity contribution in [2.45, 2.75) is 23.9 Å². The summed E-state index contributed by atoms with van der Waals surface area (Å²) in [5.74, 6) is -0.430. The minimum absolute atomic E-state index is 0.0101. The number of halogens is 1. The van der Waals surface area contributed by atoms with Crippen LogP contribution in [-0.4, -0.2) is 69.1 Å². The van der Waals surface area contributed by atoms with E-state index in [0.29, 0.717) is 23.0 Å². The molecule has 3 aromatic rings. The van der Waals surface area contributed by atoms with Crippen molar-refractivity contribution in [1.82, 2.24) is 19.6 Å². The van der Waals surface area contributed by atoms with Crippen molar-refractivity contribution in [3.05, 3.63) is 88.4 Å². The number of aromatic nitrogens is 2. The predicted octanol–water partition coefficient (Wildman–Crippen LogP) is 3.33. The van der Waals surface area contributed by atoms with E-state index in [9.17, 15) is 14.4 Å². The van der Waals surface area contributed by atoms with E-state index in [1.807, 2.05) is 30.3 Å². The molecule has 0 unspecified atom stereocenters. The normalized spacial score (nSPS) is 18.1. The van der Waals surface area contributed by atoms with Crippen LogP contribution in [0.5, 0.6) is 5.75 Å². The van der Waals surface area contributed by atoms with Crippen molar-refractivity contribution < 1.29 is 28.7 Å². The number of nitrogens with two attached hydrogens (primary N) is 1. The standard InChI is InChI=1S/C29H27ClN6O6S2/c1-40-20-11-8-18(9-12-20)14-42-28(39)23-19(10-7-16-3-5-17(13-30)6-4-16)15-43-27-22(26(38)36(23)27)32-25(37)21(34-41-2)24-33-29(31)44-35-24/h3-12,22,27H,13-15H2,1-2H3,(H,32,37)(H2,31,33,35)/b10-7-,34-21-/t22-,27-/m1/s1. The first-order chi connectivity index (χ1) is 21.3. The molecule has 228 valence electrons. The van der Waals surface area contributed by atoms with E-state index < -0.39 is 29.2 Å². The third-order valence-electron chi connectivity index (χ3n) is 6.67. The highest BCUT2D eigenvalue weighted by atomic mass is 35.5. The fourth-order valence-corrected chi connectivity index (χ4v) is 6.36. The number of alkyl halides is 1. The lowest BCUT2D eigenvalue weighted by molar-refractivity contribution is -0.153. The average molecular weight is 655 g/mol. The summed E-state index contributed by atoms with van der Waals surface area (Å²) in [7, 11) is 2.84. The minimum Gasteiger partial charge on any atom is -0.497 e. The number of carbonyl (C=O) groups is 3. The number of methoxy groups -OCH3 is 1. The van der Waals surface area contributed by atoms with Gasteiger partial charge in [-0.15, -0.1) is 23.4 Å². The highest BCUT2D eigenvalue weighted by molar-refractivity contribution is 8.00. The van der Waals surface area contributed by atoms with Gasteiger partial charge in [0, 0.05) is 23.2 Å². The van der Waals surface area contributed by atoms with Gasteiger partial charge in [0.25, 0.3) is 11.8 Å². The van der Waals surface area contributed by atoms with Gasteiger partial charge in [0.1, 0.15) is 36.6 Å². The van der Waals surface area contributed by atoms with Gasteiger partial charge in [-0.1, -0.05) is 53.7 Å². The molecule has 1 saturated heterocycles. The van der Waals surface area contributed by atoms with Crippen LogP contribution in [0.15, 0.2) is 71.0 Å². The van der Waals surface area contributed by atoms with Crippen LogP contribution in [0.2, 0.25) is 0 Å². The zero-order valence-electron chi connectivity index (χ0n) is 23.6. The Balaban J connectivity index is 1.38. The molecule has 15 heteroatoms. The molecule has 0 bridgehead atoms. The Bertz CT molecular complexity index is 1640. The van der Waals surface area contributed by atoms with Crippen molar-refractivity contribution in [3.63, 3.8) is 0 Å². The number of thioether (sulfide) groups is 1. The number of β-lactam (4-membered cyclic amide) rings is 1. The van der Waals surface area contributed by atoms with Crippen molar-refractivity contribution >= 4 is 69.6 Å². The van der Waals surface area contributed by atoms with Crippen LogP contribution < -0.4 is 15.8 Å². The summed E-state index contributed by atoms with van der Waals surface area (Å²) in [6, 6.07) is 13.8. The Morgan fingerprint density at radius 1 is 1.14 bits per heavy atom. The lowest BCUT2D eigenvalue weighted by Crippen LogP contribution is -2.71. The molecule has 0 radical (unpaired) electrons. The second-order valence-electron chi connectivity index (χ2n) is 9.45. The number of hydrogen-bond acceptors (Lipinski definition) is 12. The first-order valence-electron chi connectivity index (χ1n) is 13.1. The number of anilines is 1. The van der Waals surface area contributed by atoms with Crippen LogP contribution in [0.3, 0.4) is 0 Å². The van der Waals surface area contributed by atoms with Gasteiger partial charge in [0.2, 0.25) is 11.5 Å². The zero-order chi connectivity index (χ0) is 31.2. The minimum atomic E-state index is -0.941. The number of rotatable bonds is 11. The molecule has 2 amide bonds. The van der Waals surface area contributed by atoms with E-state index in [4.69, 9.17) is 31.6 Å². The topological polar surface area (TPSA) is 158 Å². The Kier molecular flexibility index (Phi) is 9.82. The van der Waals surface area contributed by atoms with Crippen molar-refractivity contribution in [3.8, 4) is 5.75 Å². The highest BCUT2D eigenvalue weighted by Crippen LogP contribution is 2.41. The van der Waals surface area contributed by atoms with Gasteiger partial charge in [0.15, 0.2) is 5.13 Å². The summed E-state index contributed by atoms with van der Waals surface area (Å²) >= 11 is 8.20. The summed E-state index contributed by atoms with van der Waals surface area (Å²) in [6.07, 6.45) is 3.65. The van der Waals surface area contributed by atoms with Gasteiger partial charge in [0.05, 0.1) is 7.11 Å². The van der Waals surface area contributed by atoms with Gasteiger partial charge in [-0.2, -0.15) is 9.36 Å². The third kappa shape index (κ3) is 6.72. The van der Waals surface area contributed by atoms with E-state index in [-0.39, 0.29) is 29.0 Å². The number of oxime groups is 1. The molecule has 1 fully saturated rings. The number of amides is 2. The lowest BCUT2D eigenvalue weighted by atomic mass is 10.0. The van der Waals surface area contributed by atoms with Crippen LogP contribution in [0, 0.1) is 0 Å². The Labute approximate surface area is 266 Å². The average Bonchev–Trinajstić information content (AvgIpc) is 3.49.